The summed E-state index contributed by atoms with van der Waals surface area (Å²) in [5.41, 5.74) is 1.13. The second-order valence-electron chi connectivity index (χ2n) is 3.75. The largest absolute Gasteiger partial charge is 0.491 e. The molecule has 0 bridgehead atoms. The van der Waals surface area contributed by atoms with Gasteiger partial charge in [0.2, 0.25) is 0 Å². The average molecular weight is 235 g/mol. The second kappa shape index (κ2) is 5.10. The summed E-state index contributed by atoms with van der Waals surface area (Å²) < 4.78 is 23.6. The number of hydrogen-bond donors (Lipinski definition) is 0. The Balaban J connectivity index is 2.27. The molecule has 90 valence electrons. The van der Waals surface area contributed by atoms with Crippen molar-refractivity contribution >= 4 is 10.9 Å². The first kappa shape index (κ1) is 11.8. The number of methoxy groups -OCH3 is 1. The van der Waals surface area contributed by atoms with Crippen LogP contribution in [0.15, 0.2) is 24.3 Å². The maximum Gasteiger partial charge on any atom is 0.145 e. The van der Waals surface area contributed by atoms with Crippen molar-refractivity contribution in [1.82, 2.24) is 4.98 Å². The van der Waals surface area contributed by atoms with Crippen LogP contribution in [0, 0.1) is 12.7 Å². The molecule has 0 saturated heterocycles. The number of ether oxygens (including phenoxy) is 2. The van der Waals surface area contributed by atoms with Crippen LogP contribution in [-0.4, -0.2) is 25.3 Å². The van der Waals surface area contributed by atoms with E-state index in [2.05, 4.69) is 4.98 Å². The van der Waals surface area contributed by atoms with E-state index in [1.165, 1.54) is 6.07 Å². The molecule has 0 N–H and O–H groups in total. The van der Waals surface area contributed by atoms with Crippen molar-refractivity contribution in [2.75, 3.05) is 20.3 Å². The first-order valence-electron chi connectivity index (χ1n) is 5.39. The number of aromatic nitrogens is 1. The van der Waals surface area contributed by atoms with E-state index in [-0.39, 0.29) is 5.82 Å². The van der Waals surface area contributed by atoms with Crippen molar-refractivity contribution in [3.8, 4) is 5.75 Å². The molecule has 0 radical (unpaired) electrons. The van der Waals surface area contributed by atoms with E-state index < -0.39 is 0 Å². The molecule has 4 heteroatoms. The summed E-state index contributed by atoms with van der Waals surface area (Å²) >= 11 is 0. The molecule has 0 unspecified atom stereocenters. The van der Waals surface area contributed by atoms with Crippen LogP contribution in [0.3, 0.4) is 0 Å². The van der Waals surface area contributed by atoms with Crippen molar-refractivity contribution in [3.05, 3.63) is 35.8 Å². The molecule has 1 heterocycles. The summed E-state index contributed by atoms with van der Waals surface area (Å²) in [4.78, 5) is 4.18. The van der Waals surface area contributed by atoms with Crippen LogP contribution in [-0.2, 0) is 4.74 Å². The van der Waals surface area contributed by atoms with Gasteiger partial charge in [0, 0.05) is 18.6 Å². The molecule has 1 aromatic carbocycles. The molecule has 17 heavy (non-hydrogen) atoms. The maximum atomic E-state index is 13.3. The van der Waals surface area contributed by atoms with E-state index in [1.807, 2.05) is 0 Å². The smallest absolute Gasteiger partial charge is 0.145 e. The molecule has 3 nitrogen and oxygen atoms in total. The lowest BCUT2D eigenvalue weighted by atomic mass is 10.2. The Morgan fingerprint density at radius 3 is 2.82 bits per heavy atom. The van der Waals surface area contributed by atoms with Crippen molar-refractivity contribution in [2.24, 2.45) is 0 Å². The van der Waals surface area contributed by atoms with E-state index in [1.54, 1.807) is 32.2 Å². The van der Waals surface area contributed by atoms with Crippen molar-refractivity contribution < 1.29 is 13.9 Å². The first-order chi connectivity index (χ1) is 8.20. The van der Waals surface area contributed by atoms with Crippen LogP contribution in [0.1, 0.15) is 5.69 Å². The van der Waals surface area contributed by atoms with Gasteiger partial charge < -0.3 is 9.47 Å². The molecule has 0 atom stereocenters. The summed E-state index contributed by atoms with van der Waals surface area (Å²) in [6.07, 6.45) is 0. The van der Waals surface area contributed by atoms with Gasteiger partial charge in [-0.2, -0.15) is 0 Å². The average Bonchev–Trinajstić information content (AvgIpc) is 2.31. The second-order valence-corrected chi connectivity index (χ2v) is 3.75. The van der Waals surface area contributed by atoms with Crippen LogP contribution in [0.25, 0.3) is 10.9 Å². The summed E-state index contributed by atoms with van der Waals surface area (Å²) in [6.45, 7) is 2.67. The van der Waals surface area contributed by atoms with Gasteiger partial charge in [-0.1, -0.05) is 0 Å². The predicted octanol–water partition coefficient (Wildman–Crippen LogP) is 2.71. The topological polar surface area (TPSA) is 31.4 Å². The lowest BCUT2D eigenvalue weighted by Crippen LogP contribution is -2.04. The number of aryl methyl sites for hydroxylation is 1. The molecule has 0 saturated carbocycles. The number of rotatable bonds is 4. The Morgan fingerprint density at radius 1 is 1.24 bits per heavy atom. The third kappa shape index (κ3) is 2.71. The molecule has 2 rings (SSSR count). The SMILES string of the molecule is COCCOc1ccc2cc(F)c(C)nc2c1. The lowest BCUT2D eigenvalue weighted by molar-refractivity contribution is 0.146. The minimum atomic E-state index is -0.287. The molecule has 0 aliphatic carbocycles. The fourth-order valence-electron chi connectivity index (χ4n) is 1.55. The van der Waals surface area contributed by atoms with Gasteiger partial charge in [-0.25, -0.2) is 9.37 Å². The number of nitrogens with zero attached hydrogens (tertiary/aromatic N) is 1. The highest BCUT2D eigenvalue weighted by atomic mass is 19.1. The molecule has 0 fully saturated rings. The zero-order chi connectivity index (χ0) is 12.3. The highest BCUT2D eigenvalue weighted by Gasteiger charge is 2.03. The van der Waals surface area contributed by atoms with Gasteiger partial charge in [0.25, 0.3) is 0 Å². The van der Waals surface area contributed by atoms with Crippen molar-refractivity contribution in [3.63, 3.8) is 0 Å². The highest BCUT2D eigenvalue weighted by Crippen LogP contribution is 2.21. The summed E-state index contributed by atoms with van der Waals surface area (Å²) in [6, 6.07) is 6.88. The Labute approximate surface area is 99.2 Å². The highest BCUT2D eigenvalue weighted by molar-refractivity contribution is 5.80. The van der Waals surface area contributed by atoms with E-state index in [4.69, 9.17) is 9.47 Å². The van der Waals surface area contributed by atoms with E-state index >= 15 is 0 Å². The molecular formula is C13H14FNO2. The van der Waals surface area contributed by atoms with Crippen LogP contribution in [0.2, 0.25) is 0 Å². The van der Waals surface area contributed by atoms with Crippen LogP contribution in [0.4, 0.5) is 4.39 Å². The Kier molecular flexibility index (Phi) is 3.54. The summed E-state index contributed by atoms with van der Waals surface area (Å²) in [5, 5.41) is 0.771. The Morgan fingerprint density at radius 2 is 2.06 bits per heavy atom. The normalized spacial score (nSPS) is 10.8. The monoisotopic (exact) mass is 235 g/mol. The van der Waals surface area contributed by atoms with Crippen LogP contribution < -0.4 is 4.74 Å². The van der Waals surface area contributed by atoms with Crippen molar-refractivity contribution in [1.29, 1.82) is 0 Å². The summed E-state index contributed by atoms with van der Waals surface area (Å²) in [7, 11) is 1.62. The van der Waals surface area contributed by atoms with Gasteiger partial charge in [0.15, 0.2) is 0 Å². The van der Waals surface area contributed by atoms with Gasteiger partial charge in [0.1, 0.15) is 18.2 Å². The number of fused-ring (bicyclic) bond motifs is 1. The number of benzene rings is 1. The van der Waals surface area contributed by atoms with Gasteiger partial charge >= 0.3 is 0 Å². The molecular weight excluding hydrogens is 221 g/mol. The van der Waals surface area contributed by atoms with Gasteiger partial charge in [-0.15, -0.1) is 0 Å². The van der Waals surface area contributed by atoms with Gasteiger partial charge in [-0.3, -0.25) is 0 Å². The van der Waals surface area contributed by atoms with E-state index in [0.29, 0.717) is 24.7 Å². The quantitative estimate of drug-likeness (QED) is 0.763. The molecule has 2 aromatic rings. The first-order valence-corrected chi connectivity index (χ1v) is 5.39. The lowest BCUT2D eigenvalue weighted by Gasteiger charge is -2.07. The number of pyridine rings is 1. The summed E-state index contributed by atoms with van der Waals surface area (Å²) in [5.74, 6) is 0.429. The van der Waals surface area contributed by atoms with E-state index in [9.17, 15) is 4.39 Å². The zero-order valence-corrected chi connectivity index (χ0v) is 9.87. The molecule has 0 amide bonds. The molecule has 1 aromatic heterocycles. The predicted molar refractivity (Wildman–Crippen MR) is 63.8 cm³/mol. The van der Waals surface area contributed by atoms with Crippen molar-refractivity contribution in [2.45, 2.75) is 6.92 Å². The Bertz CT molecular complexity index is 528. The maximum absolute atomic E-state index is 13.3. The molecule has 0 aliphatic heterocycles. The number of halogens is 1. The van der Waals surface area contributed by atoms with Gasteiger partial charge in [0.05, 0.1) is 17.8 Å². The standard InChI is InChI=1S/C13H14FNO2/c1-9-12(14)7-10-3-4-11(8-13(10)15-9)17-6-5-16-2/h3-4,7-8H,5-6H2,1-2H3. The minimum Gasteiger partial charge on any atom is -0.491 e. The van der Waals surface area contributed by atoms with E-state index in [0.717, 1.165) is 10.9 Å². The molecule has 0 aliphatic rings. The van der Waals surface area contributed by atoms with Crippen LogP contribution in [0.5, 0.6) is 5.75 Å². The third-order valence-corrected chi connectivity index (χ3v) is 2.47. The fourth-order valence-corrected chi connectivity index (χ4v) is 1.55. The fraction of sp³-hybridized carbons (Fsp3) is 0.308. The number of hydrogen-bond acceptors (Lipinski definition) is 3. The molecule has 0 spiro atoms. The van der Waals surface area contributed by atoms with Crippen LogP contribution >= 0.6 is 0 Å². The zero-order valence-electron chi connectivity index (χ0n) is 9.87. The minimum absolute atomic E-state index is 0.287. The Hall–Kier alpha value is -1.68. The third-order valence-electron chi connectivity index (χ3n) is 2.47. The van der Waals surface area contributed by atoms with Gasteiger partial charge in [-0.05, 0) is 25.1 Å².